The van der Waals surface area contributed by atoms with E-state index < -0.39 is 0 Å². The zero-order valence-electron chi connectivity index (χ0n) is 11.4. The van der Waals surface area contributed by atoms with Crippen LogP contribution in [0.5, 0.6) is 0 Å². The van der Waals surface area contributed by atoms with Crippen molar-refractivity contribution in [3.05, 3.63) is 16.1 Å². The Morgan fingerprint density at radius 2 is 2.24 bits per heavy atom. The number of nitrogens with zero attached hydrogens (tertiary/aromatic N) is 1. The Balaban J connectivity index is 2.17. The summed E-state index contributed by atoms with van der Waals surface area (Å²) in [5.41, 5.74) is 3.40. The molecule has 0 saturated heterocycles. The first kappa shape index (κ1) is 14.6. The summed E-state index contributed by atoms with van der Waals surface area (Å²) in [4.78, 5) is 5.65. The van der Waals surface area contributed by atoms with Crippen molar-refractivity contribution in [3.8, 4) is 0 Å². The Bertz CT molecular complexity index is 323. The average molecular weight is 256 g/mol. The summed E-state index contributed by atoms with van der Waals surface area (Å²) in [5.74, 6) is 0. The molecule has 98 valence electrons. The van der Waals surface area contributed by atoms with E-state index in [0.717, 1.165) is 32.5 Å². The van der Waals surface area contributed by atoms with E-state index in [9.17, 15) is 0 Å². The highest BCUT2D eigenvalue weighted by atomic mass is 32.1. The summed E-state index contributed by atoms with van der Waals surface area (Å²) in [6.45, 7) is 9.53. The molecule has 0 amide bonds. The fourth-order valence-electron chi connectivity index (χ4n) is 1.66. The molecule has 4 heteroatoms. The molecule has 0 aliphatic carbocycles. The maximum Gasteiger partial charge on any atom is 0.0797 e. The zero-order chi connectivity index (χ0) is 12.7. The summed E-state index contributed by atoms with van der Waals surface area (Å²) < 4.78 is 5.12. The monoisotopic (exact) mass is 256 g/mol. The highest BCUT2D eigenvalue weighted by Crippen LogP contribution is 2.18. The molecule has 1 N–H and O–H groups in total. The fraction of sp³-hybridized carbons (Fsp3) is 0.769. The van der Waals surface area contributed by atoms with Gasteiger partial charge in [0.1, 0.15) is 0 Å². The molecule has 0 fully saturated rings. The molecule has 1 aromatic heterocycles. The highest BCUT2D eigenvalue weighted by molar-refractivity contribution is 7.09. The Morgan fingerprint density at radius 3 is 2.82 bits per heavy atom. The molecule has 0 aliphatic heterocycles. The molecule has 0 saturated carbocycles. The number of nitrogens with one attached hydrogen (secondary N) is 1. The van der Waals surface area contributed by atoms with Crippen molar-refractivity contribution in [1.82, 2.24) is 10.3 Å². The Hall–Kier alpha value is -0.450. The van der Waals surface area contributed by atoms with Crippen molar-refractivity contribution >= 4 is 11.3 Å². The van der Waals surface area contributed by atoms with Gasteiger partial charge in [-0.15, -0.1) is 11.3 Å². The van der Waals surface area contributed by atoms with Gasteiger partial charge in [-0.1, -0.05) is 13.8 Å². The van der Waals surface area contributed by atoms with Crippen LogP contribution in [0.15, 0.2) is 5.51 Å². The quantitative estimate of drug-likeness (QED) is 0.726. The van der Waals surface area contributed by atoms with Crippen LogP contribution in [-0.4, -0.2) is 31.8 Å². The van der Waals surface area contributed by atoms with E-state index in [1.165, 1.54) is 10.6 Å². The van der Waals surface area contributed by atoms with Crippen molar-refractivity contribution < 1.29 is 4.74 Å². The van der Waals surface area contributed by atoms with Gasteiger partial charge in [-0.3, -0.25) is 0 Å². The lowest BCUT2D eigenvalue weighted by Crippen LogP contribution is -2.31. The second kappa shape index (κ2) is 7.09. The van der Waals surface area contributed by atoms with Crippen molar-refractivity contribution in [2.45, 2.75) is 33.6 Å². The van der Waals surface area contributed by atoms with Gasteiger partial charge in [-0.2, -0.15) is 0 Å². The smallest absolute Gasteiger partial charge is 0.0797 e. The van der Waals surface area contributed by atoms with Gasteiger partial charge in [0.05, 0.1) is 11.2 Å². The lowest BCUT2D eigenvalue weighted by atomic mass is 9.90. The van der Waals surface area contributed by atoms with Crippen LogP contribution in [0.25, 0.3) is 0 Å². The van der Waals surface area contributed by atoms with E-state index in [4.69, 9.17) is 4.74 Å². The molecule has 0 radical (unpaired) electrons. The van der Waals surface area contributed by atoms with Crippen LogP contribution >= 0.6 is 11.3 Å². The number of ether oxygens (including phenoxy) is 1. The van der Waals surface area contributed by atoms with Crippen LogP contribution in [0.2, 0.25) is 0 Å². The van der Waals surface area contributed by atoms with Gasteiger partial charge in [-0.05, 0) is 25.2 Å². The van der Waals surface area contributed by atoms with Gasteiger partial charge < -0.3 is 10.1 Å². The molecule has 1 heterocycles. The number of aryl methyl sites for hydroxylation is 1. The summed E-state index contributed by atoms with van der Waals surface area (Å²) >= 11 is 1.75. The summed E-state index contributed by atoms with van der Waals surface area (Å²) in [6, 6.07) is 0. The summed E-state index contributed by atoms with van der Waals surface area (Å²) in [7, 11) is 1.76. The molecule has 17 heavy (non-hydrogen) atoms. The lowest BCUT2D eigenvalue weighted by molar-refractivity contribution is 0.151. The predicted octanol–water partition coefficient (Wildman–Crippen LogP) is 2.65. The van der Waals surface area contributed by atoms with E-state index in [0.29, 0.717) is 5.41 Å². The average Bonchev–Trinajstić information content (AvgIpc) is 2.68. The third-order valence-corrected chi connectivity index (χ3v) is 3.96. The van der Waals surface area contributed by atoms with Crippen LogP contribution in [0.1, 0.15) is 30.8 Å². The lowest BCUT2D eigenvalue weighted by Gasteiger charge is -2.24. The van der Waals surface area contributed by atoms with E-state index in [1.807, 2.05) is 5.51 Å². The minimum atomic E-state index is 0.304. The van der Waals surface area contributed by atoms with E-state index in [1.54, 1.807) is 18.4 Å². The Morgan fingerprint density at radius 1 is 1.47 bits per heavy atom. The number of thiazole rings is 1. The van der Waals surface area contributed by atoms with E-state index >= 15 is 0 Å². The number of hydrogen-bond acceptors (Lipinski definition) is 4. The molecule has 1 rings (SSSR count). The molecule has 0 bridgehead atoms. The molecule has 0 unspecified atom stereocenters. The number of rotatable bonds is 8. The maximum absolute atomic E-state index is 5.12. The highest BCUT2D eigenvalue weighted by Gasteiger charge is 2.16. The maximum atomic E-state index is 5.12. The van der Waals surface area contributed by atoms with Gasteiger partial charge in [-0.25, -0.2) is 4.98 Å². The second-order valence-electron chi connectivity index (χ2n) is 5.19. The van der Waals surface area contributed by atoms with Crippen LogP contribution in [0.4, 0.5) is 0 Å². The Kier molecular flexibility index (Phi) is 6.09. The number of aromatic nitrogens is 1. The third kappa shape index (κ3) is 5.61. The molecular weight excluding hydrogens is 232 g/mol. The first-order valence-corrected chi connectivity index (χ1v) is 7.02. The first-order valence-electron chi connectivity index (χ1n) is 6.14. The number of methoxy groups -OCH3 is 1. The van der Waals surface area contributed by atoms with Crippen LogP contribution in [-0.2, 0) is 11.2 Å². The van der Waals surface area contributed by atoms with E-state index in [2.05, 4.69) is 31.1 Å². The van der Waals surface area contributed by atoms with Crippen molar-refractivity contribution in [3.63, 3.8) is 0 Å². The SMILES string of the molecule is COCCC(C)(C)CNCCc1scnc1C. The molecule has 0 aromatic carbocycles. The van der Waals surface area contributed by atoms with Crippen molar-refractivity contribution in [2.24, 2.45) is 5.41 Å². The molecular formula is C13H24N2OS. The largest absolute Gasteiger partial charge is 0.385 e. The minimum Gasteiger partial charge on any atom is -0.385 e. The summed E-state index contributed by atoms with van der Waals surface area (Å²) in [5, 5.41) is 3.52. The van der Waals surface area contributed by atoms with E-state index in [-0.39, 0.29) is 0 Å². The topological polar surface area (TPSA) is 34.1 Å². The Labute approximate surface area is 109 Å². The molecule has 3 nitrogen and oxygen atoms in total. The molecule has 0 atom stereocenters. The summed E-state index contributed by atoms with van der Waals surface area (Å²) in [6.07, 6.45) is 2.17. The second-order valence-corrected chi connectivity index (χ2v) is 6.13. The molecule has 0 spiro atoms. The fourth-order valence-corrected chi connectivity index (χ4v) is 2.44. The zero-order valence-corrected chi connectivity index (χ0v) is 12.2. The molecule has 0 aliphatic rings. The van der Waals surface area contributed by atoms with Gasteiger partial charge in [0.25, 0.3) is 0 Å². The van der Waals surface area contributed by atoms with Gasteiger partial charge in [0.15, 0.2) is 0 Å². The van der Waals surface area contributed by atoms with Crippen molar-refractivity contribution in [2.75, 3.05) is 26.8 Å². The van der Waals surface area contributed by atoms with Gasteiger partial charge >= 0.3 is 0 Å². The third-order valence-electron chi connectivity index (χ3n) is 2.96. The van der Waals surface area contributed by atoms with Crippen LogP contribution < -0.4 is 5.32 Å². The molecule has 1 aromatic rings. The standard InChI is InChI=1S/C13H24N2OS/c1-11-12(17-10-15-11)5-7-14-9-13(2,3)6-8-16-4/h10,14H,5-9H2,1-4H3. The van der Waals surface area contributed by atoms with Crippen LogP contribution in [0, 0.1) is 12.3 Å². The van der Waals surface area contributed by atoms with Crippen molar-refractivity contribution in [1.29, 1.82) is 0 Å². The normalized spacial score (nSPS) is 12.0. The minimum absolute atomic E-state index is 0.304. The number of hydrogen-bond donors (Lipinski definition) is 1. The predicted molar refractivity (Wildman–Crippen MR) is 73.7 cm³/mol. The van der Waals surface area contributed by atoms with Crippen LogP contribution in [0.3, 0.4) is 0 Å². The first-order chi connectivity index (χ1) is 8.05. The van der Waals surface area contributed by atoms with Gasteiger partial charge in [0.2, 0.25) is 0 Å². The van der Waals surface area contributed by atoms with Gasteiger partial charge in [0, 0.05) is 31.7 Å².